The average Bonchev–Trinajstić information content (AvgIpc) is 2.59. The number of hydrogen-bond donors (Lipinski definition) is 0. The molecule has 0 unspecified atom stereocenters. The second-order valence-corrected chi connectivity index (χ2v) is 7.37. The predicted molar refractivity (Wildman–Crippen MR) is 84.8 cm³/mol. The van der Waals surface area contributed by atoms with Crippen LogP contribution < -0.4 is 0 Å². The topological polar surface area (TPSA) is 18.5 Å². The third kappa shape index (κ3) is 4.31. The highest BCUT2D eigenvalue weighted by atomic mass is 19.2. The van der Waals surface area contributed by atoms with E-state index in [1.54, 1.807) is 0 Å². The van der Waals surface area contributed by atoms with E-state index in [0.717, 1.165) is 30.4 Å². The minimum Gasteiger partial charge on any atom is -0.348 e. The molecule has 0 radical (unpaired) electrons. The Morgan fingerprint density at radius 1 is 0.875 bits per heavy atom. The lowest BCUT2D eigenvalue weighted by atomic mass is 9.80. The normalized spacial score (nSPS) is 31.2. The molecule has 0 N–H and O–H groups in total. The summed E-state index contributed by atoms with van der Waals surface area (Å²) < 4.78 is 50.8. The maximum atomic E-state index is 13.3. The van der Waals surface area contributed by atoms with Crippen molar-refractivity contribution in [3.05, 3.63) is 35.1 Å². The van der Waals surface area contributed by atoms with Gasteiger partial charge in [-0.1, -0.05) is 39.0 Å². The zero-order valence-corrected chi connectivity index (χ0v) is 14.1. The fourth-order valence-corrected chi connectivity index (χ4v) is 3.70. The van der Waals surface area contributed by atoms with Crippen LogP contribution in [0.1, 0.15) is 57.3 Å². The molecule has 1 saturated heterocycles. The molecule has 0 aromatic heterocycles. The van der Waals surface area contributed by atoms with Gasteiger partial charge in [-0.3, -0.25) is 0 Å². The molecule has 2 nitrogen and oxygen atoms in total. The Hall–Kier alpha value is -1.07. The lowest BCUT2D eigenvalue weighted by Gasteiger charge is -2.31. The first-order chi connectivity index (χ1) is 11.5. The molecule has 3 rings (SSSR count). The summed E-state index contributed by atoms with van der Waals surface area (Å²) in [5.41, 5.74) is 0.186. The molecule has 1 aliphatic carbocycles. The molecule has 2 aliphatic rings. The van der Waals surface area contributed by atoms with Gasteiger partial charge in [-0.15, -0.1) is 0 Å². The molecule has 1 aromatic carbocycles. The summed E-state index contributed by atoms with van der Waals surface area (Å²) in [5.74, 6) is -1.92. The highest BCUT2D eigenvalue weighted by Gasteiger charge is 2.27. The van der Waals surface area contributed by atoms with E-state index in [-0.39, 0.29) is 5.56 Å². The first-order valence-electron chi connectivity index (χ1n) is 8.90. The monoisotopic (exact) mass is 342 g/mol. The van der Waals surface area contributed by atoms with Crippen molar-refractivity contribution in [3.63, 3.8) is 0 Å². The second kappa shape index (κ2) is 7.87. The lowest BCUT2D eigenvalue weighted by Crippen LogP contribution is -2.28. The van der Waals surface area contributed by atoms with Crippen LogP contribution in [0.25, 0.3) is 0 Å². The highest BCUT2D eigenvalue weighted by molar-refractivity contribution is 5.20. The highest BCUT2D eigenvalue weighted by Crippen LogP contribution is 2.34. The number of benzene rings is 1. The van der Waals surface area contributed by atoms with Crippen LogP contribution in [0, 0.1) is 35.2 Å². The van der Waals surface area contributed by atoms with Crippen LogP contribution in [0.5, 0.6) is 0 Å². The fourth-order valence-electron chi connectivity index (χ4n) is 3.70. The molecule has 2 fully saturated rings. The minimum atomic E-state index is -1.46. The van der Waals surface area contributed by atoms with Gasteiger partial charge in [0, 0.05) is 11.5 Å². The van der Waals surface area contributed by atoms with Gasteiger partial charge in [0.2, 0.25) is 0 Å². The van der Waals surface area contributed by atoms with Crippen molar-refractivity contribution in [2.24, 2.45) is 17.8 Å². The molecule has 1 heterocycles. The molecule has 5 heteroatoms. The Labute approximate surface area is 141 Å². The third-order valence-corrected chi connectivity index (χ3v) is 5.36. The Kier molecular flexibility index (Phi) is 5.82. The van der Waals surface area contributed by atoms with Crippen LogP contribution in [0.4, 0.5) is 13.2 Å². The van der Waals surface area contributed by atoms with Crippen LogP contribution in [0.2, 0.25) is 0 Å². The first kappa shape index (κ1) is 17.7. The predicted octanol–water partition coefficient (Wildman–Crippen LogP) is 5.37. The van der Waals surface area contributed by atoms with Crippen molar-refractivity contribution in [1.82, 2.24) is 0 Å². The summed E-state index contributed by atoms with van der Waals surface area (Å²) in [6.07, 6.45) is 6.70. The summed E-state index contributed by atoms with van der Waals surface area (Å²) >= 11 is 0. The van der Waals surface area contributed by atoms with Crippen molar-refractivity contribution in [2.45, 2.75) is 51.7 Å². The van der Waals surface area contributed by atoms with Gasteiger partial charge in [0.1, 0.15) is 0 Å². The molecule has 24 heavy (non-hydrogen) atoms. The SMILES string of the molecule is CC1CCC(CCC2COC(c3cc(F)c(F)c(F)c3)OC2)CC1. The summed E-state index contributed by atoms with van der Waals surface area (Å²) in [5, 5.41) is 0. The van der Waals surface area contributed by atoms with Crippen LogP contribution >= 0.6 is 0 Å². The Bertz CT molecular complexity index is 525. The molecule has 134 valence electrons. The van der Waals surface area contributed by atoms with Crippen molar-refractivity contribution >= 4 is 0 Å². The van der Waals surface area contributed by atoms with Crippen LogP contribution in [0.15, 0.2) is 12.1 Å². The quantitative estimate of drug-likeness (QED) is 0.685. The molecule has 0 amide bonds. The van der Waals surface area contributed by atoms with Gasteiger partial charge >= 0.3 is 0 Å². The van der Waals surface area contributed by atoms with E-state index >= 15 is 0 Å². The maximum absolute atomic E-state index is 13.3. The number of halogens is 3. The van der Waals surface area contributed by atoms with Gasteiger partial charge in [0.05, 0.1) is 13.2 Å². The molecule has 0 atom stereocenters. The Balaban J connectivity index is 1.46. The molecule has 1 aliphatic heterocycles. The van der Waals surface area contributed by atoms with Gasteiger partial charge in [-0.05, 0) is 30.4 Å². The van der Waals surface area contributed by atoms with Gasteiger partial charge in [0.15, 0.2) is 23.7 Å². The van der Waals surface area contributed by atoms with Gasteiger partial charge < -0.3 is 9.47 Å². The van der Waals surface area contributed by atoms with E-state index in [1.807, 2.05) is 0 Å². The molecular formula is C19H25F3O2. The van der Waals surface area contributed by atoms with Gasteiger partial charge in [-0.2, -0.15) is 0 Å². The lowest BCUT2D eigenvalue weighted by molar-refractivity contribution is -0.206. The molecule has 0 spiro atoms. The summed E-state index contributed by atoms with van der Waals surface area (Å²) in [4.78, 5) is 0. The van der Waals surface area contributed by atoms with Crippen molar-refractivity contribution in [3.8, 4) is 0 Å². The van der Waals surface area contributed by atoms with Crippen LogP contribution in [-0.2, 0) is 9.47 Å². The van der Waals surface area contributed by atoms with E-state index in [4.69, 9.17) is 9.47 Å². The smallest absolute Gasteiger partial charge is 0.194 e. The number of rotatable bonds is 4. The maximum Gasteiger partial charge on any atom is 0.194 e. The van der Waals surface area contributed by atoms with Crippen molar-refractivity contribution < 1.29 is 22.6 Å². The van der Waals surface area contributed by atoms with Gasteiger partial charge in [0.25, 0.3) is 0 Å². The standard InChI is InChI=1S/C19H25F3O2/c1-12-2-4-13(5-3-12)6-7-14-10-23-19(24-11-14)15-8-16(20)18(22)17(21)9-15/h8-9,12-14,19H,2-7,10-11H2,1H3. The summed E-state index contributed by atoms with van der Waals surface area (Å²) in [6.45, 7) is 3.34. The number of hydrogen-bond acceptors (Lipinski definition) is 2. The number of ether oxygens (including phenoxy) is 2. The van der Waals surface area contributed by atoms with E-state index in [9.17, 15) is 13.2 Å². The van der Waals surface area contributed by atoms with Gasteiger partial charge in [-0.25, -0.2) is 13.2 Å². The molecule has 1 aromatic rings. The van der Waals surface area contributed by atoms with E-state index in [2.05, 4.69) is 6.92 Å². The van der Waals surface area contributed by atoms with Crippen molar-refractivity contribution in [2.75, 3.05) is 13.2 Å². The third-order valence-electron chi connectivity index (χ3n) is 5.36. The van der Waals surface area contributed by atoms with Crippen LogP contribution in [-0.4, -0.2) is 13.2 Å². The zero-order valence-electron chi connectivity index (χ0n) is 14.1. The molecular weight excluding hydrogens is 317 g/mol. The molecule has 0 bridgehead atoms. The fraction of sp³-hybridized carbons (Fsp3) is 0.684. The summed E-state index contributed by atoms with van der Waals surface area (Å²) in [7, 11) is 0. The average molecular weight is 342 g/mol. The molecule has 1 saturated carbocycles. The Morgan fingerprint density at radius 2 is 1.42 bits per heavy atom. The van der Waals surface area contributed by atoms with Crippen LogP contribution in [0.3, 0.4) is 0 Å². The second-order valence-electron chi connectivity index (χ2n) is 7.37. The van der Waals surface area contributed by atoms with Crippen molar-refractivity contribution in [1.29, 1.82) is 0 Å². The minimum absolute atomic E-state index is 0.186. The largest absolute Gasteiger partial charge is 0.348 e. The van der Waals surface area contributed by atoms with E-state index in [1.165, 1.54) is 32.1 Å². The van der Waals surface area contributed by atoms with E-state index in [0.29, 0.717) is 19.1 Å². The Morgan fingerprint density at radius 3 is 2.00 bits per heavy atom. The summed E-state index contributed by atoms with van der Waals surface area (Å²) in [6, 6.07) is 1.87. The van der Waals surface area contributed by atoms with E-state index < -0.39 is 23.7 Å². The first-order valence-corrected chi connectivity index (χ1v) is 8.90. The zero-order chi connectivity index (χ0) is 17.1.